The number of ether oxygens (including phenoxy) is 2. The van der Waals surface area contributed by atoms with Gasteiger partial charge in [-0.15, -0.1) is 0 Å². The van der Waals surface area contributed by atoms with Crippen molar-refractivity contribution in [1.29, 1.82) is 0 Å². The molecule has 5 nitrogen and oxygen atoms in total. The fourth-order valence-corrected chi connectivity index (χ4v) is 2.99. The van der Waals surface area contributed by atoms with E-state index in [9.17, 15) is 4.79 Å². The maximum absolute atomic E-state index is 12.9. The van der Waals surface area contributed by atoms with E-state index < -0.39 is 0 Å². The summed E-state index contributed by atoms with van der Waals surface area (Å²) in [5, 5.41) is 4.60. The number of halogens is 1. The second-order valence-electron chi connectivity index (χ2n) is 6.48. The molecule has 1 aromatic heterocycles. The quantitative estimate of drug-likeness (QED) is 0.694. The van der Waals surface area contributed by atoms with Gasteiger partial charge >= 0.3 is 0 Å². The van der Waals surface area contributed by atoms with Crippen molar-refractivity contribution in [2.75, 3.05) is 13.7 Å². The maximum atomic E-state index is 12.9. The number of rotatable bonds is 6. The molecule has 1 N–H and O–H groups in total. The number of H-pyrrole nitrogens is 1. The molecule has 0 radical (unpaired) electrons. The molecule has 3 rings (SSSR count). The Morgan fingerprint density at radius 1 is 1.21 bits per heavy atom. The Hall–Kier alpha value is -2.92. The van der Waals surface area contributed by atoms with E-state index in [-0.39, 0.29) is 5.56 Å². The van der Waals surface area contributed by atoms with Crippen molar-refractivity contribution in [2.45, 2.75) is 20.3 Å². The lowest BCUT2D eigenvalue weighted by atomic mass is 10.1. The summed E-state index contributed by atoms with van der Waals surface area (Å²) >= 11 is 6.20. The summed E-state index contributed by atoms with van der Waals surface area (Å²) in [6.07, 6.45) is 2.69. The molecule has 0 unspecified atom stereocenters. The molecule has 0 saturated carbocycles. The molecule has 2 aromatic carbocycles. The summed E-state index contributed by atoms with van der Waals surface area (Å²) in [6.45, 7) is 8.54. The molecule has 0 atom stereocenters. The molecule has 0 aliphatic heterocycles. The van der Waals surface area contributed by atoms with Crippen LogP contribution in [0.1, 0.15) is 24.5 Å². The predicted molar refractivity (Wildman–Crippen MR) is 113 cm³/mol. The third-order valence-corrected chi connectivity index (χ3v) is 4.79. The van der Waals surface area contributed by atoms with Crippen LogP contribution in [0.15, 0.2) is 41.2 Å². The van der Waals surface area contributed by atoms with Crippen LogP contribution in [0, 0.1) is 6.92 Å². The minimum atomic E-state index is -0.199. The Labute approximate surface area is 168 Å². The first-order chi connectivity index (χ1) is 13.4. The van der Waals surface area contributed by atoms with E-state index in [1.54, 1.807) is 19.3 Å². The Balaban J connectivity index is 2.06. The lowest BCUT2D eigenvalue weighted by Crippen LogP contribution is -2.33. The van der Waals surface area contributed by atoms with E-state index >= 15 is 0 Å². The molecular formula is C22H23ClN2O3. The van der Waals surface area contributed by atoms with Crippen LogP contribution < -0.4 is 25.6 Å². The number of nitrogens with zero attached hydrogens (tertiary/aromatic N) is 1. The summed E-state index contributed by atoms with van der Waals surface area (Å²) in [7, 11) is 1.59. The number of aromatic amines is 1. The fourth-order valence-electron chi connectivity index (χ4n) is 2.82. The molecule has 0 spiro atoms. The van der Waals surface area contributed by atoms with Gasteiger partial charge in [-0.2, -0.15) is 0 Å². The Kier molecular flexibility index (Phi) is 5.95. The van der Waals surface area contributed by atoms with Gasteiger partial charge in [0.15, 0.2) is 11.5 Å². The molecule has 28 heavy (non-hydrogen) atoms. The zero-order chi connectivity index (χ0) is 20.3. The number of hydrogen-bond donors (Lipinski definition) is 1. The molecule has 6 heteroatoms. The highest BCUT2D eigenvalue weighted by Crippen LogP contribution is 2.28. The van der Waals surface area contributed by atoms with Gasteiger partial charge in [0.25, 0.3) is 5.56 Å². The minimum absolute atomic E-state index is 0.199. The zero-order valence-electron chi connectivity index (χ0n) is 16.2. The molecule has 1 heterocycles. The molecule has 0 saturated heterocycles. The fraction of sp³-hybridized carbons (Fsp3) is 0.227. The number of aromatic nitrogens is 2. The van der Waals surface area contributed by atoms with E-state index in [2.05, 4.69) is 11.7 Å². The van der Waals surface area contributed by atoms with Gasteiger partial charge in [-0.05, 0) is 54.8 Å². The minimum Gasteiger partial charge on any atom is -0.493 e. The van der Waals surface area contributed by atoms with Gasteiger partial charge in [0, 0.05) is 5.02 Å². The van der Waals surface area contributed by atoms with Crippen LogP contribution in [-0.4, -0.2) is 23.5 Å². The van der Waals surface area contributed by atoms with Crippen LogP contribution in [0.5, 0.6) is 11.5 Å². The number of methoxy groups -OCH3 is 1. The number of nitrogens with one attached hydrogen (secondary N) is 1. The van der Waals surface area contributed by atoms with E-state index in [0.717, 1.165) is 17.5 Å². The first-order valence-electron chi connectivity index (χ1n) is 9.03. The van der Waals surface area contributed by atoms with Crippen molar-refractivity contribution in [3.63, 3.8) is 0 Å². The molecule has 0 fully saturated rings. The summed E-state index contributed by atoms with van der Waals surface area (Å²) < 4.78 is 12.5. The third-order valence-electron chi connectivity index (χ3n) is 4.38. The van der Waals surface area contributed by atoms with E-state index in [1.807, 2.05) is 44.2 Å². The van der Waals surface area contributed by atoms with Crippen LogP contribution in [0.25, 0.3) is 18.3 Å². The summed E-state index contributed by atoms with van der Waals surface area (Å²) in [4.78, 5) is 12.9. The molecule has 146 valence electrons. The number of benzene rings is 2. The van der Waals surface area contributed by atoms with Gasteiger partial charge in [0.1, 0.15) is 0 Å². The Morgan fingerprint density at radius 2 is 2.00 bits per heavy atom. The predicted octanol–water partition coefficient (Wildman–Crippen LogP) is 3.16. The van der Waals surface area contributed by atoms with Crippen molar-refractivity contribution < 1.29 is 9.47 Å². The Bertz CT molecular complexity index is 1160. The van der Waals surface area contributed by atoms with Crippen LogP contribution in [0.3, 0.4) is 0 Å². The van der Waals surface area contributed by atoms with Crippen molar-refractivity contribution in [3.8, 4) is 17.2 Å². The topological polar surface area (TPSA) is 56.2 Å². The zero-order valence-corrected chi connectivity index (χ0v) is 17.0. The van der Waals surface area contributed by atoms with E-state index in [0.29, 0.717) is 39.4 Å². The largest absolute Gasteiger partial charge is 0.493 e. The highest BCUT2D eigenvalue weighted by Gasteiger charge is 2.08. The van der Waals surface area contributed by atoms with Gasteiger partial charge < -0.3 is 9.47 Å². The van der Waals surface area contributed by atoms with Crippen LogP contribution in [0.4, 0.5) is 0 Å². The van der Waals surface area contributed by atoms with Crippen molar-refractivity contribution in [3.05, 3.63) is 73.5 Å². The van der Waals surface area contributed by atoms with Crippen molar-refractivity contribution in [1.82, 2.24) is 9.78 Å². The molecule has 0 aliphatic rings. The van der Waals surface area contributed by atoms with Gasteiger partial charge in [0.2, 0.25) is 0 Å². The van der Waals surface area contributed by atoms with Gasteiger partial charge in [-0.3, -0.25) is 9.89 Å². The monoisotopic (exact) mass is 398 g/mol. The lowest BCUT2D eigenvalue weighted by molar-refractivity contribution is 0.294. The number of hydrogen-bond acceptors (Lipinski definition) is 3. The van der Waals surface area contributed by atoms with E-state index in [1.165, 1.54) is 4.68 Å². The average molecular weight is 399 g/mol. The summed E-state index contributed by atoms with van der Waals surface area (Å²) in [6, 6.07) is 11.0. The number of aryl methyl sites for hydroxylation is 1. The SMILES string of the molecule is C=c1[nH]n(-c2ccc(C)c(Cl)c2)c(=O)/c1=C/c1ccc(OCCC)c(OC)c1. The molecular weight excluding hydrogens is 376 g/mol. The van der Waals surface area contributed by atoms with Gasteiger partial charge in [-0.1, -0.05) is 37.2 Å². The summed E-state index contributed by atoms with van der Waals surface area (Å²) in [5.41, 5.74) is 2.22. The highest BCUT2D eigenvalue weighted by atomic mass is 35.5. The summed E-state index contributed by atoms with van der Waals surface area (Å²) in [5.74, 6) is 1.30. The van der Waals surface area contributed by atoms with E-state index in [4.69, 9.17) is 21.1 Å². The first kappa shape index (κ1) is 19.8. The second kappa shape index (κ2) is 8.40. The first-order valence-corrected chi connectivity index (χ1v) is 9.41. The standard InChI is InChI=1S/C22H23ClN2O3/c1-5-10-28-20-9-7-16(12-21(20)27-4)11-18-15(3)24-25(22(18)26)17-8-6-14(2)19(23)13-17/h6-9,11-13,24H,3,5,10H2,1-2,4H3/b18-11+. The highest BCUT2D eigenvalue weighted by molar-refractivity contribution is 6.31. The van der Waals surface area contributed by atoms with Crippen LogP contribution in [0.2, 0.25) is 5.02 Å². The molecule has 3 aromatic rings. The van der Waals surface area contributed by atoms with Gasteiger partial charge in [0.05, 0.1) is 30.0 Å². The molecule has 0 bridgehead atoms. The normalized spacial score (nSPS) is 11.6. The lowest BCUT2D eigenvalue weighted by Gasteiger charge is -2.10. The average Bonchev–Trinajstić information content (AvgIpc) is 2.97. The second-order valence-corrected chi connectivity index (χ2v) is 6.89. The van der Waals surface area contributed by atoms with Crippen molar-refractivity contribution >= 4 is 24.3 Å². The third kappa shape index (κ3) is 3.99. The van der Waals surface area contributed by atoms with Crippen LogP contribution >= 0.6 is 11.6 Å². The van der Waals surface area contributed by atoms with Gasteiger partial charge in [-0.25, -0.2) is 4.68 Å². The molecule has 0 amide bonds. The smallest absolute Gasteiger partial charge is 0.279 e. The van der Waals surface area contributed by atoms with Crippen LogP contribution in [-0.2, 0) is 0 Å². The Morgan fingerprint density at radius 3 is 2.68 bits per heavy atom. The maximum Gasteiger partial charge on any atom is 0.279 e. The molecule has 0 aliphatic carbocycles. The van der Waals surface area contributed by atoms with Crippen molar-refractivity contribution in [2.24, 2.45) is 0 Å².